The molecule has 0 amide bonds. The fourth-order valence-electron chi connectivity index (χ4n) is 1.97. The minimum atomic E-state index is -0.0509. The second-order valence-electron chi connectivity index (χ2n) is 5.58. The van der Waals surface area contributed by atoms with Crippen LogP contribution in [0.3, 0.4) is 0 Å². The molecule has 0 spiro atoms. The minimum Gasteiger partial charge on any atom is -0.399 e. The van der Waals surface area contributed by atoms with Crippen molar-refractivity contribution in [2.75, 3.05) is 5.73 Å². The van der Waals surface area contributed by atoms with E-state index in [1.807, 2.05) is 18.2 Å². The van der Waals surface area contributed by atoms with Gasteiger partial charge in [0.2, 0.25) is 0 Å². The molecule has 2 aromatic rings. The van der Waals surface area contributed by atoms with E-state index in [1.54, 1.807) is 0 Å². The first-order chi connectivity index (χ1) is 7.90. The number of nitrogens with zero attached hydrogens (tertiary/aromatic N) is 2. The molecule has 0 bridgehead atoms. The Morgan fingerprint density at radius 1 is 1.35 bits per heavy atom. The van der Waals surface area contributed by atoms with Crippen molar-refractivity contribution in [3.8, 4) is 0 Å². The molecule has 0 aliphatic rings. The average Bonchev–Trinajstić information content (AvgIpc) is 2.53. The summed E-state index contributed by atoms with van der Waals surface area (Å²) >= 11 is 0. The molecule has 0 aliphatic heterocycles. The first-order valence-electron chi connectivity index (χ1n) is 5.76. The molecule has 1 aromatic heterocycles. The van der Waals surface area contributed by atoms with Gasteiger partial charge in [-0.15, -0.1) is 0 Å². The number of nitrogens with two attached hydrogens (primary N) is 1. The highest BCUT2D eigenvalue weighted by Crippen LogP contribution is 2.24. The van der Waals surface area contributed by atoms with E-state index in [4.69, 9.17) is 5.73 Å². The predicted molar refractivity (Wildman–Crippen MR) is 69.5 cm³/mol. The van der Waals surface area contributed by atoms with Crippen LogP contribution in [0.2, 0.25) is 0 Å². The van der Waals surface area contributed by atoms with Crippen LogP contribution in [0.5, 0.6) is 0 Å². The van der Waals surface area contributed by atoms with Crippen LogP contribution in [0.1, 0.15) is 26.6 Å². The van der Waals surface area contributed by atoms with Crippen LogP contribution in [0.15, 0.2) is 18.2 Å². The largest absolute Gasteiger partial charge is 0.399 e. The molecule has 2 rings (SSSR count). The molecule has 0 fully saturated rings. The van der Waals surface area contributed by atoms with Gasteiger partial charge in [-0.3, -0.25) is 0 Å². The summed E-state index contributed by atoms with van der Waals surface area (Å²) in [6.07, 6.45) is 0. The van der Waals surface area contributed by atoms with Crippen LogP contribution in [-0.2, 0) is 13.2 Å². The van der Waals surface area contributed by atoms with E-state index >= 15 is 0 Å². The zero-order chi connectivity index (χ0) is 12.6. The predicted octanol–water partition coefficient (Wildman–Crippen LogP) is 2.16. The molecule has 0 atom stereocenters. The second-order valence-corrected chi connectivity index (χ2v) is 5.58. The first kappa shape index (κ1) is 11.9. The van der Waals surface area contributed by atoms with Crippen LogP contribution >= 0.6 is 0 Å². The van der Waals surface area contributed by atoms with E-state index in [1.165, 1.54) is 0 Å². The monoisotopic (exact) mass is 233 g/mol. The molecule has 0 saturated heterocycles. The number of nitrogen functional groups attached to an aromatic ring is 1. The highest BCUT2D eigenvalue weighted by Gasteiger charge is 2.17. The van der Waals surface area contributed by atoms with Gasteiger partial charge in [0.25, 0.3) is 0 Å². The molecule has 92 valence electrons. The van der Waals surface area contributed by atoms with Crippen molar-refractivity contribution in [1.29, 1.82) is 0 Å². The Morgan fingerprint density at radius 2 is 2.06 bits per heavy atom. The van der Waals surface area contributed by atoms with Gasteiger partial charge in [-0.05, 0) is 23.6 Å². The quantitative estimate of drug-likeness (QED) is 0.781. The van der Waals surface area contributed by atoms with Crippen molar-refractivity contribution in [2.24, 2.45) is 5.41 Å². The Morgan fingerprint density at radius 3 is 2.65 bits per heavy atom. The molecular weight excluding hydrogens is 214 g/mol. The highest BCUT2D eigenvalue weighted by molar-refractivity contribution is 5.79. The molecule has 4 nitrogen and oxygen atoms in total. The number of rotatable bonds is 2. The SMILES string of the molecule is CC(C)(C)Cn1c(CO)nc2cc(N)ccc21. The van der Waals surface area contributed by atoms with Gasteiger partial charge in [-0.1, -0.05) is 20.8 Å². The fraction of sp³-hybridized carbons (Fsp3) is 0.462. The van der Waals surface area contributed by atoms with Crippen molar-refractivity contribution in [3.05, 3.63) is 24.0 Å². The molecule has 17 heavy (non-hydrogen) atoms. The summed E-state index contributed by atoms with van der Waals surface area (Å²) in [4.78, 5) is 4.41. The molecule has 4 heteroatoms. The Hall–Kier alpha value is -1.55. The van der Waals surface area contributed by atoms with Crippen molar-refractivity contribution in [2.45, 2.75) is 33.9 Å². The Kier molecular flexibility index (Phi) is 2.83. The summed E-state index contributed by atoms with van der Waals surface area (Å²) in [5, 5.41) is 9.37. The highest BCUT2D eigenvalue weighted by atomic mass is 16.3. The van der Waals surface area contributed by atoms with Gasteiger partial charge >= 0.3 is 0 Å². The third-order valence-electron chi connectivity index (χ3n) is 2.63. The number of fused-ring (bicyclic) bond motifs is 1. The lowest BCUT2D eigenvalue weighted by Gasteiger charge is -2.20. The van der Waals surface area contributed by atoms with Gasteiger partial charge in [0, 0.05) is 12.2 Å². The molecular formula is C13H19N3O. The smallest absolute Gasteiger partial charge is 0.135 e. The molecule has 3 N–H and O–H groups in total. The van der Waals surface area contributed by atoms with Crippen LogP contribution in [0, 0.1) is 5.41 Å². The van der Waals surface area contributed by atoms with E-state index < -0.39 is 0 Å². The lowest BCUT2D eigenvalue weighted by Crippen LogP contribution is -2.17. The van der Waals surface area contributed by atoms with Crippen molar-refractivity contribution in [1.82, 2.24) is 9.55 Å². The summed E-state index contributed by atoms with van der Waals surface area (Å²) in [6.45, 7) is 7.26. The molecule has 0 radical (unpaired) electrons. The second kappa shape index (κ2) is 4.04. The molecule has 0 saturated carbocycles. The van der Waals surface area contributed by atoms with Gasteiger partial charge in [-0.25, -0.2) is 4.98 Å². The van der Waals surface area contributed by atoms with Crippen LogP contribution in [0.25, 0.3) is 11.0 Å². The van der Waals surface area contributed by atoms with E-state index in [0.29, 0.717) is 11.5 Å². The lowest BCUT2D eigenvalue weighted by molar-refractivity contribution is 0.255. The third-order valence-corrected chi connectivity index (χ3v) is 2.63. The number of anilines is 1. The molecule has 0 aliphatic carbocycles. The van der Waals surface area contributed by atoms with E-state index in [-0.39, 0.29) is 12.0 Å². The number of hydrogen-bond donors (Lipinski definition) is 2. The third kappa shape index (κ3) is 2.42. The maximum atomic E-state index is 9.37. The maximum Gasteiger partial charge on any atom is 0.135 e. The van der Waals surface area contributed by atoms with Crippen LogP contribution in [0.4, 0.5) is 5.69 Å². The topological polar surface area (TPSA) is 64.1 Å². The maximum absolute atomic E-state index is 9.37. The summed E-state index contributed by atoms with van der Waals surface area (Å²) in [5.74, 6) is 0.695. The molecule has 1 aromatic carbocycles. The number of aliphatic hydroxyl groups is 1. The summed E-state index contributed by atoms with van der Waals surface area (Å²) in [7, 11) is 0. The molecule has 1 heterocycles. The lowest BCUT2D eigenvalue weighted by atomic mass is 9.97. The number of aromatic nitrogens is 2. The van der Waals surface area contributed by atoms with Gasteiger partial charge in [0.1, 0.15) is 12.4 Å². The molecule has 0 unspecified atom stereocenters. The Bertz CT molecular complexity index is 537. The van der Waals surface area contributed by atoms with Crippen molar-refractivity contribution in [3.63, 3.8) is 0 Å². The van der Waals surface area contributed by atoms with Crippen LogP contribution in [-0.4, -0.2) is 14.7 Å². The van der Waals surface area contributed by atoms with E-state index in [2.05, 4.69) is 30.3 Å². The number of aliphatic hydroxyl groups excluding tert-OH is 1. The summed E-state index contributed by atoms with van der Waals surface area (Å²) in [5.41, 5.74) is 8.45. The van der Waals surface area contributed by atoms with E-state index in [9.17, 15) is 5.11 Å². The zero-order valence-electron chi connectivity index (χ0n) is 10.6. The summed E-state index contributed by atoms with van der Waals surface area (Å²) in [6, 6.07) is 5.67. The number of imidazole rings is 1. The Balaban J connectivity index is 2.58. The van der Waals surface area contributed by atoms with Crippen molar-refractivity contribution >= 4 is 16.7 Å². The van der Waals surface area contributed by atoms with Crippen LogP contribution < -0.4 is 5.73 Å². The van der Waals surface area contributed by atoms with E-state index in [0.717, 1.165) is 17.6 Å². The zero-order valence-corrected chi connectivity index (χ0v) is 10.6. The summed E-state index contributed by atoms with van der Waals surface area (Å²) < 4.78 is 2.06. The minimum absolute atomic E-state index is 0.0509. The van der Waals surface area contributed by atoms with Gasteiger partial charge in [-0.2, -0.15) is 0 Å². The standard InChI is InChI=1S/C13H19N3O/c1-13(2,3)8-16-11-5-4-9(14)6-10(11)15-12(16)7-17/h4-6,17H,7-8,14H2,1-3H3. The normalized spacial score (nSPS) is 12.2. The number of hydrogen-bond acceptors (Lipinski definition) is 3. The van der Waals surface area contributed by atoms with Crippen molar-refractivity contribution < 1.29 is 5.11 Å². The first-order valence-corrected chi connectivity index (χ1v) is 5.76. The van der Waals surface area contributed by atoms with Gasteiger partial charge in [0.05, 0.1) is 11.0 Å². The fourth-order valence-corrected chi connectivity index (χ4v) is 1.97. The van der Waals surface area contributed by atoms with Gasteiger partial charge < -0.3 is 15.4 Å². The number of benzene rings is 1. The Labute approximate surface area is 101 Å². The average molecular weight is 233 g/mol. The van der Waals surface area contributed by atoms with Gasteiger partial charge in [0.15, 0.2) is 0 Å².